The van der Waals surface area contributed by atoms with E-state index in [1.165, 1.54) is 30.6 Å². The van der Waals surface area contributed by atoms with Crippen LogP contribution in [0.1, 0.15) is 28.8 Å². The number of ether oxygens (including phenoxy) is 2. The van der Waals surface area contributed by atoms with E-state index in [0.29, 0.717) is 17.4 Å². The van der Waals surface area contributed by atoms with Crippen molar-refractivity contribution in [3.05, 3.63) is 107 Å². The van der Waals surface area contributed by atoms with Crippen LogP contribution in [-0.4, -0.2) is 21.9 Å². The molecule has 2 atom stereocenters. The molecule has 0 bridgehead atoms. The lowest BCUT2D eigenvalue weighted by Crippen LogP contribution is -2.32. The molecule has 0 aliphatic carbocycles. The number of halogens is 2. The summed E-state index contributed by atoms with van der Waals surface area (Å²) in [5, 5.41) is 7.83. The Hall–Kier alpha value is -4.20. The first-order chi connectivity index (χ1) is 16.1. The summed E-state index contributed by atoms with van der Waals surface area (Å²) < 4.78 is 41.1. The summed E-state index contributed by atoms with van der Waals surface area (Å²) in [5.41, 5.74) is 4.12. The highest BCUT2D eigenvalue weighted by molar-refractivity contribution is 5.85. The number of methoxy groups -OCH3 is 1. The largest absolute Gasteiger partial charge is 0.497 e. The molecule has 0 amide bonds. The molecule has 33 heavy (non-hydrogen) atoms. The van der Waals surface area contributed by atoms with Crippen LogP contribution in [0.3, 0.4) is 0 Å². The first kappa shape index (κ1) is 19.5. The molecule has 0 spiro atoms. The van der Waals surface area contributed by atoms with E-state index in [9.17, 15) is 8.78 Å². The average molecular weight is 444 g/mol. The van der Waals surface area contributed by atoms with Crippen LogP contribution in [0.2, 0.25) is 0 Å². The number of anilines is 1. The smallest absolute Gasteiger partial charge is 0.226 e. The van der Waals surface area contributed by atoms with Gasteiger partial charge in [-0.2, -0.15) is 10.1 Å². The fourth-order valence-electron chi connectivity index (χ4n) is 4.45. The second kappa shape index (κ2) is 7.44. The fraction of sp³-hybridized carbons (Fsp3) is 0.120. The quantitative estimate of drug-likeness (QED) is 0.475. The minimum atomic E-state index is -0.555. The van der Waals surface area contributed by atoms with Crippen molar-refractivity contribution in [3.63, 3.8) is 0 Å². The number of hydrogen-bond donors (Lipinski definition) is 1. The summed E-state index contributed by atoms with van der Waals surface area (Å²) in [6, 6.07) is 17.7. The van der Waals surface area contributed by atoms with E-state index < -0.39 is 12.1 Å². The summed E-state index contributed by atoms with van der Waals surface area (Å²) in [4.78, 5) is 4.37. The molecule has 2 aliphatic rings. The van der Waals surface area contributed by atoms with Gasteiger partial charge < -0.3 is 14.8 Å². The Morgan fingerprint density at radius 3 is 2.33 bits per heavy atom. The van der Waals surface area contributed by atoms with Gasteiger partial charge in [-0.05, 0) is 47.5 Å². The number of hydrogen-bond acceptors (Lipinski definition) is 5. The zero-order valence-corrected chi connectivity index (χ0v) is 17.5. The van der Waals surface area contributed by atoms with Crippen LogP contribution < -0.4 is 14.8 Å². The lowest BCUT2D eigenvalue weighted by atomic mass is 9.84. The molecule has 164 valence electrons. The fourth-order valence-corrected chi connectivity index (χ4v) is 4.45. The van der Waals surface area contributed by atoms with E-state index >= 15 is 0 Å². The normalized spacial score (nSPS) is 18.5. The molecule has 4 aromatic rings. The Bertz CT molecular complexity index is 1380. The molecule has 3 heterocycles. The van der Waals surface area contributed by atoms with E-state index in [1.54, 1.807) is 36.1 Å². The van der Waals surface area contributed by atoms with Crippen molar-refractivity contribution in [2.45, 2.75) is 12.1 Å². The highest BCUT2D eigenvalue weighted by Gasteiger charge is 2.41. The van der Waals surface area contributed by atoms with E-state index in [1.807, 2.05) is 18.2 Å². The van der Waals surface area contributed by atoms with Crippen LogP contribution in [-0.2, 0) is 0 Å². The third-order valence-electron chi connectivity index (χ3n) is 5.98. The van der Waals surface area contributed by atoms with Crippen molar-refractivity contribution in [1.82, 2.24) is 14.8 Å². The van der Waals surface area contributed by atoms with Crippen LogP contribution in [0.5, 0.6) is 11.5 Å². The van der Waals surface area contributed by atoms with E-state index in [2.05, 4.69) is 15.4 Å². The SMILES string of the molecule is COc1ccc2c(c1)O[C@H](c1ccc(F)cc1)C1=C2Nc2ncnn2[C@@H]1c1ccc(F)cc1. The molecule has 0 radical (unpaired) electrons. The third-order valence-corrected chi connectivity index (χ3v) is 5.98. The zero-order valence-electron chi connectivity index (χ0n) is 17.5. The Labute approximate surface area is 188 Å². The number of nitrogens with zero attached hydrogens (tertiary/aromatic N) is 3. The van der Waals surface area contributed by atoms with Crippen molar-refractivity contribution in [3.8, 4) is 11.5 Å². The monoisotopic (exact) mass is 444 g/mol. The molecule has 6 nitrogen and oxygen atoms in total. The number of aromatic nitrogens is 3. The van der Waals surface area contributed by atoms with Gasteiger partial charge in [-0.15, -0.1) is 0 Å². The zero-order chi connectivity index (χ0) is 22.5. The summed E-state index contributed by atoms with van der Waals surface area (Å²) >= 11 is 0. The Morgan fingerprint density at radius 2 is 1.64 bits per heavy atom. The van der Waals surface area contributed by atoms with Crippen molar-refractivity contribution in [1.29, 1.82) is 0 Å². The topological polar surface area (TPSA) is 61.2 Å². The van der Waals surface area contributed by atoms with Gasteiger partial charge in [0.05, 0.1) is 12.8 Å². The molecule has 2 aliphatic heterocycles. The van der Waals surface area contributed by atoms with Crippen molar-refractivity contribution >= 4 is 11.6 Å². The second-order valence-electron chi connectivity index (χ2n) is 7.85. The lowest BCUT2D eigenvalue weighted by Gasteiger charge is -2.39. The molecule has 0 unspecified atom stereocenters. The minimum Gasteiger partial charge on any atom is -0.497 e. The second-order valence-corrected chi connectivity index (χ2v) is 7.85. The summed E-state index contributed by atoms with van der Waals surface area (Å²) in [6.45, 7) is 0. The molecule has 3 aromatic carbocycles. The van der Waals surface area contributed by atoms with Gasteiger partial charge in [-0.25, -0.2) is 13.5 Å². The molecule has 1 aromatic heterocycles. The molecule has 8 heteroatoms. The van der Waals surface area contributed by atoms with Crippen LogP contribution in [0.15, 0.2) is 78.6 Å². The van der Waals surface area contributed by atoms with Crippen LogP contribution >= 0.6 is 0 Å². The minimum absolute atomic E-state index is 0.326. The first-order valence-electron chi connectivity index (χ1n) is 10.4. The Morgan fingerprint density at radius 1 is 0.939 bits per heavy atom. The van der Waals surface area contributed by atoms with Gasteiger partial charge >= 0.3 is 0 Å². The maximum absolute atomic E-state index is 13.7. The maximum atomic E-state index is 13.7. The van der Waals surface area contributed by atoms with Crippen LogP contribution in [0.25, 0.3) is 5.70 Å². The van der Waals surface area contributed by atoms with Crippen molar-refractivity contribution in [2.75, 3.05) is 12.4 Å². The van der Waals surface area contributed by atoms with Gasteiger partial charge in [0, 0.05) is 17.2 Å². The summed E-state index contributed by atoms with van der Waals surface area (Å²) in [5.74, 6) is 1.18. The first-order valence-corrected chi connectivity index (χ1v) is 10.4. The van der Waals surface area contributed by atoms with Crippen LogP contribution in [0, 0.1) is 11.6 Å². The lowest BCUT2D eigenvalue weighted by molar-refractivity contribution is 0.222. The summed E-state index contributed by atoms with van der Waals surface area (Å²) in [6.07, 6.45) is 0.917. The molecule has 0 saturated carbocycles. The van der Waals surface area contributed by atoms with Gasteiger partial charge in [0.15, 0.2) is 0 Å². The van der Waals surface area contributed by atoms with Gasteiger partial charge in [0.25, 0.3) is 0 Å². The van der Waals surface area contributed by atoms with Crippen molar-refractivity contribution in [2.24, 2.45) is 0 Å². The number of fused-ring (bicyclic) bond motifs is 3. The molecule has 0 saturated heterocycles. The highest BCUT2D eigenvalue weighted by atomic mass is 19.1. The molecular weight excluding hydrogens is 426 g/mol. The molecular formula is C25H18F2N4O2. The van der Waals surface area contributed by atoms with Gasteiger partial charge in [-0.3, -0.25) is 0 Å². The van der Waals surface area contributed by atoms with Crippen molar-refractivity contribution < 1.29 is 18.3 Å². The Kier molecular flexibility index (Phi) is 4.39. The van der Waals surface area contributed by atoms with E-state index in [0.717, 1.165) is 28.0 Å². The number of nitrogens with one attached hydrogen (secondary N) is 1. The average Bonchev–Trinajstić information content (AvgIpc) is 3.31. The Balaban J connectivity index is 1.62. The number of benzene rings is 3. The predicted octanol–water partition coefficient (Wildman–Crippen LogP) is 5.12. The highest BCUT2D eigenvalue weighted by Crippen LogP contribution is 2.51. The third kappa shape index (κ3) is 3.14. The number of rotatable bonds is 3. The van der Waals surface area contributed by atoms with E-state index in [4.69, 9.17) is 9.47 Å². The predicted molar refractivity (Wildman–Crippen MR) is 118 cm³/mol. The molecule has 0 fully saturated rings. The molecule has 1 N–H and O–H groups in total. The van der Waals surface area contributed by atoms with E-state index in [-0.39, 0.29) is 11.6 Å². The standard InChI is InChI=1S/C25H18F2N4O2/c1-32-18-10-11-19-20(12-18)33-24(15-4-8-17(27)9-5-15)21-22(19)30-25-28-13-29-31(25)23(21)14-2-6-16(26)7-3-14/h2-13,23-24H,1H3,(H,28,29,30)/t23-,24-/m1/s1. The maximum Gasteiger partial charge on any atom is 0.226 e. The molecule has 6 rings (SSSR count). The summed E-state index contributed by atoms with van der Waals surface area (Å²) in [7, 11) is 1.60. The van der Waals surface area contributed by atoms with Gasteiger partial charge in [-0.1, -0.05) is 24.3 Å². The van der Waals surface area contributed by atoms with Crippen LogP contribution in [0.4, 0.5) is 14.7 Å². The van der Waals surface area contributed by atoms with Gasteiger partial charge in [0.1, 0.15) is 41.6 Å². The van der Waals surface area contributed by atoms with Gasteiger partial charge in [0.2, 0.25) is 5.95 Å².